The Morgan fingerprint density at radius 1 is 0.905 bits per heavy atom. The fourth-order valence-corrected chi connectivity index (χ4v) is 6.58. The van der Waals surface area contributed by atoms with Crippen molar-refractivity contribution in [2.75, 3.05) is 26.7 Å². The van der Waals surface area contributed by atoms with Crippen molar-refractivity contribution >= 4 is 21.8 Å². The van der Waals surface area contributed by atoms with Gasteiger partial charge in [-0.2, -0.15) is 4.31 Å². The number of benzene rings is 3. The molecule has 4 rings (SSSR count). The van der Waals surface area contributed by atoms with Crippen LogP contribution in [0.3, 0.4) is 0 Å². The molecule has 0 aliphatic carbocycles. The molecule has 0 saturated carbocycles. The van der Waals surface area contributed by atoms with Crippen LogP contribution in [-0.4, -0.2) is 56.2 Å². The Hall–Kier alpha value is -3.69. The minimum absolute atomic E-state index is 0.162. The molecular formula is C33H41N3O5S. The summed E-state index contributed by atoms with van der Waals surface area (Å²) in [5.74, 6) is 0.566. The zero-order valence-electron chi connectivity index (χ0n) is 24.7. The van der Waals surface area contributed by atoms with Crippen molar-refractivity contribution in [1.29, 1.82) is 0 Å². The van der Waals surface area contributed by atoms with E-state index in [1.807, 2.05) is 68.4 Å². The maximum absolute atomic E-state index is 13.9. The Balaban J connectivity index is 1.57. The van der Waals surface area contributed by atoms with E-state index in [0.29, 0.717) is 31.8 Å². The maximum Gasteiger partial charge on any atom is 0.247 e. The number of rotatable bonds is 13. The third kappa shape index (κ3) is 7.98. The molecule has 3 aromatic rings. The Kier molecular flexibility index (Phi) is 10.8. The summed E-state index contributed by atoms with van der Waals surface area (Å²) in [5, 5.41) is 3.02. The van der Waals surface area contributed by atoms with E-state index in [4.69, 9.17) is 4.74 Å². The normalized spacial score (nSPS) is 14.5. The lowest BCUT2D eigenvalue weighted by atomic mass is 10.0. The van der Waals surface area contributed by atoms with E-state index in [0.717, 1.165) is 29.5 Å². The summed E-state index contributed by atoms with van der Waals surface area (Å²) in [7, 11) is -1.90. The Morgan fingerprint density at radius 2 is 1.52 bits per heavy atom. The summed E-state index contributed by atoms with van der Waals surface area (Å²) in [6.45, 7) is 5.90. The SMILES string of the molecule is COc1ccc(CN(C(=O)CCc2ccc(S(=O)(=O)N3CCCC3)cc2)C(C(=O)NCC(C)C)c2ccccc2)cc1. The van der Waals surface area contributed by atoms with Gasteiger partial charge in [0.2, 0.25) is 21.8 Å². The van der Waals surface area contributed by atoms with Gasteiger partial charge in [-0.25, -0.2) is 8.42 Å². The number of hydrogen-bond donors (Lipinski definition) is 1. The molecule has 9 heteroatoms. The molecule has 8 nitrogen and oxygen atoms in total. The molecule has 1 fully saturated rings. The van der Waals surface area contributed by atoms with Crippen molar-refractivity contribution in [1.82, 2.24) is 14.5 Å². The molecular weight excluding hydrogens is 550 g/mol. The van der Waals surface area contributed by atoms with E-state index in [9.17, 15) is 18.0 Å². The third-order valence-electron chi connectivity index (χ3n) is 7.45. The summed E-state index contributed by atoms with van der Waals surface area (Å²) in [6, 6.07) is 22.8. The molecule has 42 heavy (non-hydrogen) atoms. The standard InChI is InChI=1S/C33H41N3O5S/c1-25(2)23-34-33(38)32(28-9-5-4-6-10-28)36(24-27-11-16-29(41-3)17-12-27)31(37)20-15-26-13-18-30(19-14-26)42(39,40)35-21-7-8-22-35/h4-6,9-14,16-19,25,32H,7-8,15,20-24H2,1-3H3,(H,34,38). The number of amides is 2. The van der Waals surface area contributed by atoms with Gasteiger partial charge in [-0.3, -0.25) is 9.59 Å². The molecule has 1 aliphatic heterocycles. The van der Waals surface area contributed by atoms with E-state index < -0.39 is 16.1 Å². The molecule has 3 aromatic carbocycles. The van der Waals surface area contributed by atoms with Crippen LogP contribution < -0.4 is 10.1 Å². The molecule has 224 valence electrons. The summed E-state index contributed by atoms with van der Waals surface area (Å²) in [6.07, 6.45) is 2.34. The lowest BCUT2D eigenvalue weighted by Crippen LogP contribution is -2.44. The topological polar surface area (TPSA) is 96.0 Å². The molecule has 1 atom stereocenters. The number of hydrogen-bond acceptors (Lipinski definition) is 5. The highest BCUT2D eigenvalue weighted by Gasteiger charge is 2.32. The van der Waals surface area contributed by atoms with Crippen molar-refractivity contribution in [3.63, 3.8) is 0 Å². The highest BCUT2D eigenvalue weighted by Crippen LogP contribution is 2.27. The first-order chi connectivity index (χ1) is 20.2. The second-order valence-corrected chi connectivity index (χ2v) is 13.0. The van der Waals surface area contributed by atoms with E-state index in [-0.39, 0.29) is 35.6 Å². The Bertz CT molecular complexity index is 1420. The van der Waals surface area contributed by atoms with Crippen LogP contribution in [0.2, 0.25) is 0 Å². The van der Waals surface area contributed by atoms with Gasteiger partial charge in [0, 0.05) is 32.6 Å². The van der Waals surface area contributed by atoms with Crippen molar-refractivity contribution < 1.29 is 22.7 Å². The molecule has 1 heterocycles. The number of carbonyl (C=O) groups excluding carboxylic acids is 2. The van der Waals surface area contributed by atoms with Crippen LogP contribution in [0.15, 0.2) is 83.8 Å². The van der Waals surface area contributed by atoms with Crippen LogP contribution in [0.4, 0.5) is 0 Å². The fraction of sp³-hybridized carbons (Fsp3) is 0.394. The molecule has 0 bridgehead atoms. The first-order valence-corrected chi connectivity index (χ1v) is 16.0. The minimum Gasteiger partial charge on any atom is -0.497 e. The predicted octanol–water partition coefficient (Wildman–Crippen LogP) is 4.95. The summed E-state index contributed by atoms with van der Waals surface area (Å²) < 4.78 is 32.6. The van der Waals surface area contributed by atoms with Crippen LogP contribution >= 0.6 is 0 Å². The van der Waals surface area contributed by atoms with E-state index in [2.05, 4.69) is 5.32 Å². The number of methoxy groups -OCH3 is 1. The van der Waals surface area contributed by atoms with Crippen LogP contribution in [0, 0.1) is 5.92 Å². The van der Waals surface area contributed by atoms with E-state index >= 15 is 0 Å². The number of carbonyl (C=O) groups is 2. The van der Waals surface area contributed by atoms with Crippen LogP contribution in [-0.2, 0) is 32.6 Å². The van der Waals surface area contributed by atoms with E-state index in [1.165, 1.54) is 4.31 Å². The first kappa shape index (κ1) is 31.3. The van der Waals surface area contributed by atoms with Gasteiger partial charge >= 0.3 is 0 Å². The highest BCUT2D eigenvalue weighted by atomic mass is 32.2. The molecule has 1 aliphatic rings. The van der Waals surface area contributed by atoms with Gasteiger partial charge in [0.15, 0.2) is 0 Å². The van der Waals surface area contributed by atoms with Gasteiger partial charge in [0.25, 0.3) is 0 Å². The number of aryl methyl sites for hydroxylation is 1. The molecule has 2 amide bonds. The third-order valence-corrected chi connectivity index (χ3v) is 9.36. The molecule has 0 spiro atoms. The first-order valence-electron chi connectivity index (χ1n) is 14.5. The molecule has 1 N–H and O–H groups in total. The van der Waals surface area contributed by atoms with Gasteiger partial charge in [-0.05, 0) is 66.1 Å². The number of sulfonamides is 1. The van der Waals surface area contributed by atoms with Gasteiger partial charge in [0.05, 0.1) is 12.0 Å². The monoisotopic (exact) mass is 591 g/mol. The summed E-state index contributed by atoms with van der Waals surface area (Å²) in [5.41, 5.74) is 2.46. The minimum atomic E-state index is -3.50. The molecule has 0 aromatic heterocycles. The number of nitrogens with one attached hydrogen (secondary N) is 1. The van der Waals surface area contributed by atoms with Gasteiger partial charge < -0.3 is 15.0 Å². The smallest absolute Gasteiger partial charge is 0.247 e. The largest absolute Gasteiger partial charge is 0.497 e. The summed E-state index contributed by atoms with van der Waals surface area (Å²) in [4.78, 5) is 29.4. The average molecular weight is 592 g/mol. The van der Waals surface area contributed by atoms with Crippen LogP contribution in [0.25, 0.3) is 0 Å². The van der Waals surface area contributed by atoms with Crippen LogP contribution in [0.1, 0.15) is 55.8 Å². The molecule has 1 saturated heterocycles. The van der Waals surface area contributed by atoms with E-state index in [1.54, 1.807) is 36.3 Å². The van der Waals surface area contributed by atoms with Crippen molar-refractivity contribution in [2.45, 2.75) is 57.0 Å². The number of nitrogens with zero attached hydrogens (tertiary/aromatic N) is 2. The fourth-order valence-electron chi connectivity index (χ4n) is 5.06. The quantitative estimate of drug-likeness (QED) is 0.303. The van der Waals surface area contributed by atoms with Gasteiger partial charge in [0.1, 0.15) is 11.8 Å². The Labute approximate surface area is 249 Å². The van der Waals surface area contributed by atoms with Crippen LogP contribution in [0.5, 0.6) is 5.75 Å². The van der Waals surface area contributed by atoms with Crippen molar-refractivity contribution in [2.24, 2.45) is 5.92 Å². The highest BCUT2D eigenvalue weighted by molar-refractivity contribution is 7.89. The maximum atomic E-state index is 13.9. The van der Waals surface area contributed by atoms with Gasteiger partial charge in [-0.15, -0.1) is 0 Å². The lowest BCUT2D eigenvalue weighted by molar-refractivity contribution is -0.141. The molecule has 0 radical (unpaired) electrons. The molecule has 1 unspecified atom stereocenters. The van der Waals surface area contributed by atoms with Crippen molar-refractivity contribution in [3.8, 4) is 5.75 Å². The zero-order chi connectivity index (χ0) is 30.1. The second-order valence-electron chi connectivity index (χ2n) is 11.1. The zero-order valence-corrected chi connectivity index (χ0v) is 25.5. The average Bonchev–Trinajstić information content (AvgIpc) is 3.56. The van der Waals surface area contributed by atoms with Crippen molar-refractivity contribution in [3.05, 3.63) is 95.6 Å². The van der Waals surface area contributed by atoms with Gasteiger partial charge in [-0.1, -0.05) is 68.4 Å². The number of ether oxygens (including phenoxy) is 1. The summed E-state index contributed by atoms with van der Waals surface area (Å²) >= 11 is 0. The predicted molar refractivity (Wildman–Crippen MR) is 163 cm³/mol. The lowest BCUT2D eigenvalue weighted by Gasteiger charge is -2.32. The Morgan fingerprint density at radius 3 is 2.12 bits per heavy atom. The second kappa shape index (κ2) is 14.5.